The van der Waals surface area contributed by atoms with Crippen LogP contribution in [-0.2, 0) is 4.79 Å². The maximum atomic E-state index is 11.7. The van der Waals surface area contributed by atoms with E-state index < -0.39 is 5.38 Å². The van der Waals surface area contributed by atoms with Crippen LogP contribution in [0, 0.1) is 11.3 Å². The van der Waals surface area contributed by atoms with Crippen LogP contribution in [0.4, 0.5) is 0 Å². The highest BCUT2D eigenvalue weighted by molar-refractivity contribution is 6.30. The van der Waals surface area contributed by atoms with E-state index in [2.05, 4.69) is 4.98 Å². The third-order valence-corrected chi connectivity index (χ3v) is 3.14. The zero-order valence-corrected chi connectivity index (χ0v) is 11.3. The molecule has 0 N–H and O–H groups in total. The number of amides is 1. The van der Waals surface area contributed by atoms with E-state index in [0.717, 1.165) is 6.42 Å². The predicted octanol–water partition coefficient (Wildman–Crippen LogP) is 1.56. The second-order valence-electron chi connectivity index (χ2n) is 4.42. The molecule has 2 heterocycles. The van der Waals surface area contributed by atoms with Gasteiger partial charge in [-0.05, 0) is 13.0 Å². The summed E-state index contributed by atoms with van der Waals surface area (Å²) in [7, 11) is 0. The number of nitrogens with zero attached hydrogens (tertiary/aromatic N) is 3. The van der Waals surface area contributed by atoms with Crippen LogP contribution in [0.5, 0.6) is 5.88 Å². The van der Waals surface area contributed by atoms with Crippen molar-refractivity contribution in [3.8, 4) is 11.9 Å². The number of hydrogen-bond donors (Lipinski definition) is 0. The van der Waals surface area contributed by atoms with Gasteiger partial charge in [-0.15, -0.1) is 11.6 Å². The number of carbonyl (C=O) groups excluding carboxylic acids is 1. The van der Waals surface area contributed by atoms with E-state index in [1.54, 1.807) is 24.0 Å². The summed E-state index contributed by atoms with van der Waals surface area (Å²) in [6.07, 6.45) is 2.18. The number of halogens is 1. The number of carbonyl (C=O) groups is 1. The molecule has 6 heteroatoms. The number of alkyl halides is 1. The Balaban J connectivity index is 1.95. The van der Waals surface area contributed by atoms with Gasteiger partial charge in [0, 0.05) is 25.2 Å². The van der Waals surface area contributed by atoms with E-state index in [-0.39, 0.29) is 12.0 Å². The second-order valence-corrected chi connectivity index (χ2v) is 5.08. The fraction of sp³-hybridized carbons (Fsp3) is 0.462. The van der Waals surface area contributed by atoms with Gasteiger partial charge < -0.3 is 9.64 Å². The lowest BCUT2D eigenvalue weighted by Crippen LogP contribution is -2.35. The molecule has 100 valence electrons. The molecule has 19 heavy (non-hydrogen) atoms. The molecule has 1 aliphatic heterocycles. The molecule has 1 amide bonds. The van der Waals surface area contributed by atoms with Gasteiger partial charge in [0.25, 0.3) is 0 Å². The van der Waals surface area contributed by atoms with Crippen molar-refractivity contribution in [2.75, 3.05) is 13.1 Å². The monoisotopic (exact) mass is 279 g/mol. The third-order valence-electron chi connectivity index (χ3n) is 2.95. The Morgan fingerprint density at radius 3 is 3.21 bits per heavy atom. The van der Waals surface area contributed by atoms with Crippen molar-refractivity contribution in [1.29, 1.82) is 5.26 Å². The van der Waals surface area contributed by atoms with Gasteiger partial charge in [-0.25, -0.2) is 4.98 Å². The van der Waals surface area contributed by atoms with Crippen molar-refractivity contribution < 1.29 is 9.53 Å². The number of hydrogen-bond acceptors (Lipinski definition) is 4. The van der Waals surface area contributed by atoms with Gasteiger partial charge in [-0.2, -0.15) is 5.26 Å². The van der Waals surface area contributed by atoms with Crippen LogP contribution >= 0.6 is 11.6 Å². The number of ether oxygens (including phenoxy) is 1. The molecule has 0 radical (unpaired) electrons. The van der Waals surface area contributed by atoms with Crippen LogP contribution in [0.3, 0.4) is 0 Å². The summed E-state index contributed by atoms with van der Waals surface area (Å²) in [5.41, 5.74) is 0.505. The molecule has 0 aliphatic carbocycles. The van der Waals surface area contributed by atoms with Gasteiger partial charge in [-0.1, -0.05) is 0 Å². The molecule has 0 bridgehead atoms. The summed E-state index contributed by atoms with van der Waals surface area (Å²) in [6, 6.07) is 5.24. The Hall–Kier alpha value is -1.80. The average Bonchev–Trinajstić information content (AvgIpc) is 2.86. The topological polar surface area (TPSA) is 66.2 Å². The van der Waals surface area contributed by atoms with Crippen molar-refractivity contribution in [3.63, 3.8) is 0 Å². The molecule has 1 fully saturated rings. The zero-order valence-electron chi connectivity index (χ0n) is 10.5. The van der Waals surface area contributed by atoms with E-state index in [1.807, 2.05) is 6.07 Å². The number of pyridine rings is 1. The summed E-state index contributed by atoms with van der Waals surface area (Å²) >= 11 is 5.78. The van der Waals surface area contributed by atoms with E-state index >= 15 is 0 Å². The fourth-order valence-electron chi connectivity index (χ4n) is 1.99. The highest BCUT2D eigenvalue weighted by atomic mass is 35.5. The SMILES string of the molecule is CC(Cl)C(=O)N1CCC(Oc2cc(C#N)ccn2)C1. The summed E-state index contributed by atoms with van der Waals surface area (Å²) < 4.78 is 5.68. The lowest BCUT2D eigenvalue weighted by molar-refractivity contribution is -0.129. The molecule has 0 saturated carbocycles. The molecule has 1 aliphatic rings. The number of nitriles is 1. The van der Waals surface area contributed by atoms with E-state index in [1.165, 1.54) is 6.20 Å². The summed E-state index contributed by atoms with van der Waals surface area (Å²) in [5, 5.41) is 8.28. The number of rotatable bonds is 3. The summed E-state index contributed by atoms with van der Waals surface area (Å²) in [4.78, 5) is 17.5. The van der Waals surface area contributed by atoms with Crippen molar-refractivity contribution in [2.45, 2.75) is 24.8 Å². The van der Waals surface area contributed by atoms with Crippen LogP contribution < -0.4 is 4.74 Å². The van der Waals surface area contributed by atoms with Gasteiger partial charge in [0.15, 0.2) is 0 Å². The lowest BCUT2D eigenvalue weighted by Gasteiger charge is -2.18. The average molecular weight is 280 g/mol. The van der Waals surface area contributed by atoms with E-state index in [4.69, 9.17) is 21.6 Å². The molecule has 0 spiro atoms. The molecule has 2 unspecified atom stereocenters. The number of aromatic nitrogens is 1. The minimum absolute atomic E-state index is 0.0773. The van der Waals surface area contributed by atoms with Gasteiger partial charge in [0.1, 0.15) is 11.5 Å². The van der Waals surface area contributed by atoms with Crippen LogP contribution in [0.25, 0.3) is 0 Å². The normalized spacial score (nSPS) is 19.8. The zero-order chi connectivity index (χ0) is 13.8. The Kier molecular flexibility index (Phi) is 4.23. The molecule has 1 saturated heterocycles. The van der Waals surface area contributed by atoms with Crippen molar-refractivity contribution in [3.05, 3.63) is 23.9 Å². The van der Waals surface area contributed by atoms with Crippen molar-refractivity contribution >= 4 is 17.5 Å². The van der Waals surface area contributed by atoms with Crippen LogP contribution in [0.1, 0.15) is 18.9 Å². The highest BCUT2D eigenvalue weighted by Gasteiger charge is 2.29. The first-order valence-corrected chi connectivity index (χ1v) is 6.49. The van der Waals surface area contributed by atoms with Gasteiger partial charge >= 0.3 is 0 Å². The van der Waals surface area contributed by atoms with E-state index in [0.29, 0.717) is 24.5 Å². The third kappa shape index (κ3) is 3.36. The van der Waals surface area contributed by atoms with Crippen molar-refractivity contribution in [1.82, 2.24) is 9.88 Å². The van der Waals surface area contributed by atoms with Gasteiger partial charge in [0.2, 0.25) is 11.8 Å². The summed E-state index contributed by atoms with van der Waals surface area (Å²) in [6.45, 7) is 2.81. The van der Waals surface area contributed by atoms with Crippen LogP contribution in [0.15, 0.2) is 18.3 Å². The maximum Gasteiger partial charge on any atom is 0.240 e. The Morgan fingerprint density at radius 2 is 2.53 bits per heavy atom. The molecular formula is C13H14ClN3O2. The minimum atomic E-state index is -0.515. The van der Waals surface area contributed by atoms with Crippen LogP contribution in [-0.4, -0.2) is 40.4 Å². The molecule has 2 atom stereocenters. The standard InChI is InChI=1S/C13H14ClN3O2/c1-9(14)13(18)17-5-3-11(8-17)19-12-6-10(7-15)2-4-16-12/h2,4,6,9,11H,3,5,8H2,1H3. The van der Waals surface area contributed by atoms with Gasteiger partial charge in [-0.3, -0.25) is 4.79 Å². The molecule has 1 aromatic rings. The fourth-order valence-corrected chi connectivity index (χ4v) is 2.13. The molecular weight excluding hydrogens is 266 g/mol. The predicted molar refractivity (Wildman–Crippen MR) is 69.9 cm³/mol. The first kappa shape index (κ1) is 13.6. The smallest absolute Gasteiger partial charge is 0.240 e. The lowest BCUT2D eigenvalue weighted by atomic mass is 10.3. The highest BCUT2D eigenvalue weighted by Crippen LogP contribution is 2.18. The molecule has 2 rings (SSSR count). The Bertz CT molecular complexity index is 513. The largest absolute Gasteiger partial charge is 0.472 e. The minimum Gasteiger partial charge on any atom is -0.472 e. The maximum absolute atomic E-state index is 11.7. The van der Waals surface area contributed by atoms with Gasteiger partial charge in [0.05, 0.1) is 18.2 Å². The van der Waals surface area contributed by atoms with Crippen molar-refractivity contribution in [2.24, 2.45) is 0 Å². The number of likely N-dealkylation sites (tertiary alicyclic amines) is 1. The Labute approximate surface area is 116 Å². The summed E-state index contributed by atoms with van der Waals surface area (Å²) in [5.74, 6) is 0.337. The molecule has 0 aromatic carbocycles. The first-order chi connectivity index (χ1) is 9.10. The van der Waals surface area contributed by atoms with Crippen LogP contribution in [0.2, 0.25) is 0 Å². The Morgan fingerprint density at radius 1 is 1.74 bits per heavy atom. The van der Waals surface area contributed by atoms with E-state index in [9.17, 15) is 4.79 Å². The second kappa shape index (κ2) is 5.89. The molecule has 5 nitrogen and oxygen atoms in total. The quantitative estimate of drug-likeness (QED) is 0.788. The molecule has 1 aromatic heterocycles. The first-order valence-electron chi connectivity index (χ1n) is 6.06.